The van der Waals surface area contributed by atoms with Crippen molar-refractivity contribution in [3.8, 4) is 5.75 Å². The predicted octanol–water partition coefficient (Wildman–Crippen LogP) is 0.273. The fraction of sp³-hybridized carbons (Fsp3) is 0.111. The quantitative estimate of drug-likeness (QED) is 0.559. The van der Waals surface area contributed by atoms with Crippen LogP contribution in [0.1, 0.15) is 11.6 Å². The van der Waals surface area contributed by atoms with E-state index in [1.165, 1.54) is 12.1 Å². The summed E-state index contributed by atoms with van der Waals surface area (Å²) in [7, 11) is 0. The molecule has 0 spiro atoms. The molecule has 0 saturated carbocycles. The molecule has 3 N–H and O–H groups in total. The first-order valence-electron chi connectivity index (χ1n) is 4.07. The highest BCUT2D eigenvalue weighted by atomic mass is 16.3. The van der Waals surface area contributed by atoms with Gasteiger partial charge in [-0.3, -0.25) is 10.1 Å². The van der Waals surface area contributed by atoms with Crippen LogP contribution < -0.4 is 10.6 Å². The Morgan fingerprint density at radius 2 is 2.07 bits per heavy atom. The third-order valence-electron chi connectivity index (χ3n) is 1.98. The molecule has 0 aromatic heterocycles. The molecular weight excluding hydrogens is 184 g/mol. The van der Waals surface area contributed by atoms with Gasteiger partial charge < -0.3 is 10.4 Å². The minimum atomic E-state index is -0.699. The van der Waals surface area contributed by atoms with Gasteiger partial charge >= 0.3 is 6.03 Å². The first-order valence-corrected chi connectivity index (χ1v) is 4.07. The average molecular weight is 192 g/mol. The lowest BCUT2D eigenvalue weighted by Gasteiger charge is -2.06. The lowest BCUT2D eigenvalue weighted by atomic mass is 10.1. The fourth-order valence-electron chi connectivity index (χ4n) is 1.36. The van der Waals surface area contributed by atoms with Crippen LogP contribution in [0.5, 0.6) is 5.75 Å². The Morgan fingerprint density at radius 1 is 1.29 bits per heavy atom. The Morgan fingerprint density at radius 3 is 2.64 bits per heavy atom. The Kier molecular flexibility index (Phi) is 1.85. The molecule has 1 saturated heterocycles. The zero-order chi connectivity index (χ0) is 10.1. The van der Waals surface area contributed by atoms with E-state index in [1.54, 1.807) is 12.1 Å². The van der Waals surface area contributed by atoms with Crippen molar-refractivity contribution in [2.75, 3.05) is 0 Å². The highest BCUT2D eigenvalue weighted by Crippen LogP contribution is 2.20. The van der Waals surface area contributed by atoms with Crippen LogP contribution in [-0.2, 0) is 4.79 Å². The van der Waals surface area contributed by atoms with Gasteiger partial charge in [0.1, 0.15) is 11.8 Å². The normalized spacial score (nSPS) is 20.4. The molecule has 1 aliphatic heterocycles. The Balaban J connectivity index is 2.31. The van der Waals surface area contributed by atoms with Gasteiger partial charge in [0.25, 0.3) is 5.91 Å². The molecule has 3 amide bonds. The lowest BCUT2D eigenvalue weighted by Crippen LogP contribution is -2.22. The summed E-state index contributed by atoms with van der Waals surface area (Å²) in [6, 6.07) is 5.00. The molecule has 1 heterocycles. The van der Waals surface area contributed by atoms with Crippen molar-refractivity contribution < 1.29 is 14.7 Å². The highest BCUT2D eigenvalue weighted by Gasteiger charge is 2.30. The molecule has 5 heteroatoms. The van der Waals surface area contributed by atoms with Crippen LogP contribution in [-0.4, -0.2) is 17.0 Å². The van der Waals surface area contributed by atoms with Gasteiger partial charge in [0.05, 0.1) is 0 Å². The highest BCUT2D eigenvalue weighted by molar-refractivity contribution is 6.04. The van der Waals surface area contributed by atoms with Gasteiger partial charge in [-0.2, -0.15) is 0 Å². The minimum absolute atomic E-state index is 0.0662. The molecule has 1 fully saturated rings. The average Bonchev–Trinajstić information content (AvgIpc) is 2.45. The standard InChI is InChI=1S/C9H8N2O3/c12-6-3-1-2-5(4-6)7-8(13)11-9(14)10-7/h1-4,7,12H,(H2,10,11,13,14)/t7-/m1/s1. The molecule has 14 heavy (non-hydrogen) atoms. The van der Waals surface area contributed by atoms with E-state index in [0.29, 0.717) is 5.56 Å². The summed E-state index contributed by atoms with van der Waals surface area (Å²) in [5.41, 5.74) is 0.563. The summed E-state index contributed by atoms with van der Waals surface area (Å²) in [5.74, 6) is -0.336. The van der Waals surface area contributed by atoms with E-state index in [1.807, 2.05) is 0 Å². The van der Waals surface area contributed by atoms with Crippen molar-refractivity contribution in [3.63, 3.8) is 0 Å². The second kappa shape index (κ2) is 3.02. The molecular formula is C9H8N2O3. The van der Waals surface area contributed by atoms with Crippen LogP contribution in [0.2, 0.25) is 0 Å². The van der Waals surface area contributed by atoms with Gasteiger partial charge in [0.2, 0.25) is 0 Å². The second-order valence-electron chi connectivity index (χ2n) is 2.99. The number of hydrogen-bond acceptors (Lipinski definition) is 3. The first kappa shape index (κ1) is 8.55. The molecule has 0 unspecified atom stereocenters. The molecule has 0 radical (unpaired) electrons. The van der Waals surface area contributed by atoms with Gasteiger partial charge in [0.15, 0.2) is 0 Å². The molecule has 1 aromatic carbocycles. The van der Waals surface area contributed by atoms with Crippen LogP contribution in [0.15, 0.2) is 24.3 Å². The second-order valence-corrected chi connectivity index (χ2v) is 2.99. The lowest BCUT2D eigenvalue weighted by molar-refractivity contribution is -0.120. The Bertz CT molecular complexity index is 403. The van der Waals surface area contributed by atoms with Gasteiger partial charge in [-0.15, -0.1) is 0 Å². The third-order valence-corrected chi connectivity index (χ3v) is 1.98. The van der Waals surface area contributed by atoms with Crippen molar-refractivity contribution >= 4 is 11.9 Å². The number of carbonyl (C=O) groups is 2. The van der Waals surface area contributed by atoms with Crippen LogP contribution in [0.3, 0.4) is 0 Å². The van der Waals surface area contributed by atoms with Crippen LogP contribution in [0, 0.1) is 0 Å². The zero-order valence-electron chi connectivity index (χ0n) is 7.15. The maximum absolute atomic E-state index is 11.2. The first-order chi connectivity index (χ1) is 6.66. The number of phenols is 1. The van der Waals surface area contributed by atoms with E-state index in [4.69, 9.17) is 0 Å². The van der Waals surface area contributed by atoms with Crippen molar-refractivity contribution in [1.82, 2.24) is 10.6 Å². The number of nitrogens with one attached hydrogen (secondary N) is 2. The molecule has 2 rings (SSSR count). The van der Waals surface area contributed by atoms with E-state index < -0.39 is 18.0 Å². The van der Waals surface area contributed by atoms with Crippen LogP contribution in [0.4, 0.5) is 4.79 Å². The van der Waals surface area contributed by atoms with E-state index in [0.717, 1.165) is 0 Å². The number of phenolic OH excluding ortho intramolecular Hbond substituents is 1. The van der Waals surface area contributed by atoms with Crippen LogP contribution >= 0.6 is 0 Å². The number of aromatic hydroxyl groups is 1. The maximum Gasteiger partial charge on any atom is 0.322 e. The van der Waals surface area contributed by atoms with E-state index >= 15 is 0 Å². The smallest absolute Gasteiger partial charge is 0.322 e. The van der Waals surface area contributed by atoms with Crippen molar-refractivity contribution in [2.24, 2.45) is 0 Å². The van der Waals surface area contributed by atoms with Gasteiger partial charge in [-0.1, -0.05) is 12.1 Å². The SMILES string of the molecule is O=C1NC(=O)[C@@H](c2cccc(O)c2)N1. The number of carbonyl (C=O) groups excluding carboxylic acids is 2. The number of amides is 3. The van der Waals surface area contributed by atoms with Gasteiger partial charge in [-0.25, -0.2) is 4.79 Å². The summed E-state index contributed by atoms with van der Waals surface area (Å²) in [5, 5.41) is 13.7. The van der Waals surface area contributed by atoms with Crippen molar-refractivity contribution in [2.45, 2.75) is 6.04 Å². The monoisotopic (exact) mass is 192 g/mol. The Labute approximate surface area is 79.7 Å². The molecule has 0 aliphatic carbocycles. The van der Waals surface area contributed by atoms with Gasteiger partial charge in [0, 0.05) is 0 Å². The summed E-state index contributed by atoms with van der Waals surface area (Å²) >= 11 is 0. The largest absolute Gasteiger partial charge is 0.508 e. The minimum Gasteiger partial charge on any atom is -0.508 e. The molecule has 0 bridgehead atoms. The summed E-state index contributed by atoms with van der Waals surface area (Å²) in [6.07, 6.45) is 0. The maximum atomic E-state index is 11.2. The third kappa shape index (κ3) is 1.39. The molecule has 1 aromatic rings. The van der Waals surface area contributed by atoms with E-state index in [2.05, 4.69) is 10.6 Å². The zero-order valence-corrected chi connectivity index (χ0v) is 7.15. The number of benzene rings is 1. The molecule has 1 atom stereocenters. The van der Waals surface area contributed by atoms with Crippen molar-refractivity contribution in [3.05, 3.63) is 29.8 Å². The summed E-state index contributed by atoms with van der Waals surface area (Å²) in [4.78, 5) is 22.0. The fourth-order valence-corrected chi connectivity index (χ4v) is 1.36. The number of imide groups is 1. The summed E-state index contributed by atoms with van der Waals surface area (Å²) < 4.78 is 0. The number of hydrogen-bond donors (Lipinski definition) is 3. The topological polar surface area (TPSA) is 78.4 Å². The molecule has 5 nitrogen and oxygen atoms in total. The predicted molar refractivity (Wildman–Crippen MR) is 47.5 cm³/mol. The Hall–Kier alpha value is -2.04. The molecule has 1 aliphatic rings. The van der Waals surface area contributed by atoms with E-state index in [-0.39, 0.29) is 5.75 Å². The summed E-state index contributed by atoms with van der Waals surface area (Å²) in [6.45, 7) is 0. The molecule has 72 valence electrons. The number of rotatable bonds is 1. The van der Waals surface area contributed by atoms with Crippen molar-refractivity contribution in [1.29, 1.82) is 0 Å². The van der Waals surface area contributed by atoms with Gasteiger partial charge in [-0.05, 0) is 17.7 Å². The van der Waals surface area contributed by atoms with E-state index in [9.17, 15) is 14.7 Å². The number of urea groups is 1. The van der Waals surface area contributed by atoms with Crippen LogP contribution in [0.25, 0.3) is 0 Å².